The van der Waals surface area contributed by atoms with Gasteiger partial charge in [-0.2, -0.15) is 0 Å². The molecule has 0 bridgehead atoms. The van der Waals surface area contributed by atoms with E-state index in [4.69, 9.17) is 4.42 Å². The molecule has 0 spiro atoms. The third-order valence-electron chi connectivity index (χ3n) is 1.92. The maximum absolute atomic E-state index is 11.7. The second-order valence-electron chi connectivity index (χ2n) is 3.02. The zero-order chi connectivity index (χ0) is 9.97. The van der Waals surface area contributed by atoms with Gasteiger partial charge in [-0.3, -0.25) is 4.79 Å². The largest absolute Gasteiger partial charge is 0.458 e. The number of furan rings is 1. The Bertz CT molecular complexity index is 440. The van der Waals surface area contributed by atoms with E-state index in [0.29, 0.717) is 11.3 Å². The smallest absolute Gasteiger partial charge is 0.228 e. The Balaban J connectivity index is 2.34. The summed E-state index contributed by atoms with van der Waals surface area (Å²) in [6.07, 6.45) is 0. The second-order valence-corrected chi connectivity index (χ2v) is 3.02. The van der Waals surface area contributed by atoms with E-state index in [1.165, 1.54) is 0 Å². The lowest BCUT2D eigenvalue weighted by Crippen LogP contribution is -1.98. The van der Waals surface area contributed by atoms with E-state index in [2.05, 4.69) is 6.07 Å². The summed E-state index contributed by atoms with van der Waals surface area (Å²) in [5.41, 5.74) is 0.529. The van der Waals surface area contributed by atoms with Crippen molar-refractivity contribution in [2.45, 2.75) is 6.92 Å². The van der Waals surface area contributed by atoms with Crippen LogP contribution in [0.4, 0.5) is 0 Å². The normalized spacial score (nSPS) is 10.1. The Morgan fingerprint density at radius 1 is 1.29 bits per heavy atom. The highest BCUT2D eigenvalue weighted by atomic mass is 16.3. The van der Waals surface area contributed by atoms with Gasteiger partial charge >= 0.3 is 0 Å². The van der Waals surface area contributed by atoms with Crippen LogP contribution in [0.1, 0.15) is 21.9 Å². The van der Waals surface area contributed by atoms with Crippen LogP contribution in [0.3, 0.4) is 0 Å². The lowest BCUT2D eigenvalue weighted by Gasteiger charge is -1.95. The van der Waals surface area contributed by atoms with E-state index in [-0.39, 0.29) is 5.78 Å². The number of carbonyl (C=O) groups is 1. The molecule has 2 rings (SSSR count). The fraction of sp³-hybridized carbons (Fsp3) is 0.0833. The van der Waals surface area contributed by atoms with Gasteiger partial charge in [-0.05, 0) is 25.1 Å². The third kappa shape index (κ3) is 1.59. The van der Waals surface area contributed by atoms with Crippen LogP contribution in [0, 0.1) is 13.0 Å². The van der Waals surface area contributed by atoms with Gasteiger partial charge < -0.3 is 4.42 Å². The Morgan fingerprint density at radius 3 is 2.71 bits per heavy atom. The van der Waals surface area contributed by atoms with Gasteiger partial charge in [-0.1, -0.05) is 24.3 Å². The molecule has 2 heteroatoms. The molecule has 0 aliphatic carbocycles. The van der Waals surface area contributed by atoms with Crippen molar-refractivity contribution in [1.29, 1.82) is 0 Å². The predicted octanol–water partition coefficient (Wildman–Crippen LogP) is 2.62. The first kappa shape index (κ1) is 8.75. The maximum atomic E-state index is 11.7. The van der Waals surface area contributed by atoms with Crippen LogP contribution in [-0.2, 0) is 0 Å². The highest BCUT2D eigenvalue weighted by Crippen LogP contribution is 2.11. The predicted molar refractivity (Wildman–Crippen MR) is 52.2 cm³/mol. The first-order chi connectivity index (χ1) is 6.77. The molecule has 0 aliphatic rings. The lowest BCUT2D eigenvalue weighted by atomic mass is 10.1. The molecule has 1 aromatic heterocycles. The van der Waals surface area contributed by atoms with Gasteiger partial charge in [0, 0.05) is 5.56 Å². The first-order valence-electron chi connectivity index (χ1n) is 4.35. The number of carbonyl (C=O) groups excluding carboxylic acids is 1. The summed E-state index contributed by atoms with van der Waals surface area (Å²) in [5.74, 6) is 0.980. The molecule has 0 fully saturated rings. The molecule has 0 atom stereocenters. The van der Waals surface area contributed by atoms with E-state index in [0.717, 1.165) is 5.76 Å². The number of hydrogen-bond donors (Lipinski definition) is 0. The number of benzene rings is 1. The number of aryl methyl sites for hydroxylation is 1. The molecule has 14 heavy (non-hydrogen) atoms. The molecule has 0 saturated carbocycles. The van der Waals surface area contributed by atoms with Crippen LogP contribution >= 0.6 is 0 Å². The zero-order valence-corrected chi connectivity index (χ0v) is 7.78. The standard InChI is InChI=1S/C12H9O2/c1-9-7-8-11(14-9)12(13)10-5-3-2-4-6-10/h2-5,7-8H,1H3. The Hall–Kier alpha value is -1.83. The molecule has 0 unspecified atom stereocenters. The highest BCUT2D eigenvalue weighted by Gasteiger charge is 2.11. The quantitative estimate of drug-likeness (QED) is 0.673. The van der Waals surface area contributed by atoms with E-state index in [1.54, 1.807) is 30.3 Å². The van der Waals surface area contributed by atoms with Crippen molar-refractivity contribution in [3.05, 3.63) is 59.5 Å². The fourth-order valence-electron chi connectivity index (χ4n) is 1.22. The van der Waals surface area contributed by atoms with Gasteiger partial charge in [0.1, 0.15) is 5.76 Å². The molecule has 1 radical (unpaired) electrons. The van der Waals surface area contributed by atoms with Gasteiger partial charge in [-0.15, -0.1) is 0 Å². The van der Waals surface area contributed by atoms with Crippen molar-refractivity contribution in [1.82, 2.24) is 0 Å². The molecule has 1 aromatic carbocycles. The van der Waals surface area contributed by atoms with Crippen LogP contribution in [0.2, 0.25) is 0 Å². The molecule has 0 saturated heterocycles. The van der Waals surface area contributed by atoms with Crippen molar-refractivity contribution in [2.24, 2.45) is 0 Å². The summed E-state index contributed by atoms with van der Waals surface area (Å²) in [7, 11) is 0. The van der Waals surface area contributed by atoms with E-state index in [9.17, 15) is 4.79 Å². The number of ketones is 1. The third-order valence-corrected chi connectivity index (χ3v) is 1.92. The van der Waals surface area contributed by atoms with Gasteiger partial charge in [0.15, 0.2) is 5.76 Å². The molecule has 1 heterocycles. The van der Waals surface area contributed by atoms with Crippen LogP contribution in [0.25, 0.3) is 0 Å². The minimum absolute atomic E-state index is 0.126. The Morgan fingerprint density at radius 2 is 2.14 bits per heavy atom. The summed E-state index contributed by atoms with van der Waals surface area (Å²) in [5, 5.41) is 0. The molecule has 2 nitrogen and oxygen atoms in total. The Kier molecular flexibility index (Phi) is 2.19. The number of hydrogen-bond acceptors (Lipinski definition) is 2. The monoisotopic (exact) mass is 185 g/mol. The summed E-state index contributed by atoms with van der Waals surface area (Å²) in [6.45, 7) is 1.81. The van der Waals surface area contributed by atoms with E-state index in [1.807, 2.05) is 13.0 Å². The number of rotatable bonds is 2. The summed E-state index contributed by atoms with van der Waals surface area (Å²) in [6, 6.07) is 13.4. The fourth-order valence-corrected chi connectivity index (χ4v) is 1.22. The minimum atomic E-state index is -0.126. The lowest BCUT2D eigenvalue weighted by molar-refractivity contribution is 0.101. The SMILES string of the molecule is Cc1ccc(C(=O)c2[c]cccc2)o1. The molecular formula is C12H9O2. The zero-order valence-electron chi connectivity index (χ0n) is 7.78. The van der Waals surface area contributed by atoms with Gasteiger partial charge in [0.25, 0.3) is 0 Å². The van der Waals surface area contributed by atoms with Crippen molar-refractivity contribution in [3.63, 3.8) is 0 Å². The van der Waals surface area contributed by atoms with Crippen molar-refractivity contribution < 1.29 is 9.21 Å². The van der Waals surface area contributed by atoms with E-state index < -0.39 is 0 Å². The minimum Gasteiger partial charge on any atom is -0.458 e. The van der Waals surface area contributed by atoms with Crippen molar-refractivity contribution >= 4 is 5.78 Å². The van der Waals surface area contributed by atoms with Gasteiger partial charge in [0.2, 0.25) is 5.78 Å². The molecule has 2 aromatic rings. The molecule has 69 valence electrons. The van der Waals surface area contributed by atoms with Gasteiger partial charge in [0.05, 0.1) is 0 Å². The van der Waals surface area contributed by atoms with Crippen LogP contribution in [0.15, 0.2) is 40.8 Å². The van der Waals surface area contributed by atoms with Crippen molar-refractivity contribution in [2.75, 3.05) is 0 Å². The second kappa shape index (κ2) is 3.50. The summed E-state index contributed by atoms with van der Waals surface area (Å²) in [4.78, 5) is 11.7. The van der Waals surface area contributed by atoms with Crippen molar-refractivity contribution in [3.8, 4) is 0 Å². The maximum Gasteiger partial charge on any atom is 0.228 e. The van der Waals surface area contributed by atoms with Crippen LogP contribution in [0.5, 0.6) is 0 Å². The van der Waals surface area contributed by atoms with E-state index >= 15 is 0 Å². The topological polar surface area (TPSA) is 30.2 Å². The van der Waals surface area contributed by atoms with Crippen LogP contribution < -0.4 is 0 Å². The van der Waals surface area contributed by atoms with Gasteiger partial charge in [-0.25, -0.2) is 0 Å². The molecule has 0 aliphatic heterocycles. The summed E-state index contributed by atoms with van der Waals surface area (Å²) >= 11 is 0. The molecule has 0 N–H and O–H groups in total. The molecular weight excluding hydrogens is 176 g/mol. The first-order valence-corrected chi connectivity index (χ1v) is 4.35. The molecule has 0 amide bonds. The highest BCUT2D eigenvalue weighted by molar-refractivity contribution is 6.06. The van der Waals surface area contributed by atoms with Crippen LogP contribution in [-0.4, -0.2) is 5.78 Å². The Labute approximate surface area is 82.2 Å². The average molecular weight is 185 g/mol. The summed E-state index contributed by atoms with van der Waals surface area (Å²) < 4.78 is 5.23. The average Bonchev–Trinajstić information content (AvgIpc) is 2.65.